The number of ether oxygens (including phenoxy) is 3. The number of esters is 1. The average Bonchev–Trinajstić information content (AvgIpc) is 3.21. The molecule has 1 unspecified atom stereocenters. The molecule has 0 fully saturated rings. The molecular formula is C30H31FN2O5S. The zero-order valence-electron chi connectivity index (χ0n) is 22.4. The van der Waals surface area contributed by atoms with E-state index >= 15 is 0 Å². The molecule has 2 heterocycles. The van der Waals surface area contributed by atoms with E-state index in [2.05, 4.69) is 25.4 Å². The Kier molecular flexibility index (Phi) is 8.81. The number of benzene rings is 2. The van der Waals surface area contributed by atoms with Crippen LogP contribution in [0.25, 0.3) is 6.08 Å². The van der Waals surface area contributed by atoms with Crippen LogP contribution in [0, 0.1) is 11.7 Å². The Morgan fingerprint density at radius 2 is 1.95 bits per heavy atom. The zero-order valence-corrected chi connectivity index (χ0v) is 23.2. The van der Waals surface area contributed by atoms with Crippen molar-refractivity contribution in [1.29, 1.82) is 0 Å². The summed E-state index contributed by atoms with van der Waals surface area (Å²) < 4.78 is 32.3. The third-order valence-corrected chi connectivity index (χ3v) is 7.18. The predicted molar refractivity (Wildman–Crippen MR) is 149 cm³/mol. The largest absolute Gasteiger partial charge is 0.493 e. The number of carbonyl (C=O) groups excluding carboxylic acids is 1. The quantitative estimate of drug-likeness (QED) is 0.274. The molecular weight excluding hydrogens is 519 g/mol. The number of hydrogen-bond acceptors (Lipinski definition) is 7. The van der Waals surface area contributed by atoms with Gasteiger partial charge in [0.05, 0.1) is 35.6 Å². The Morgan fingerprint density at radius 1 is 1.21 bits per heavy atom. The number of hydrogen-bond donors (Lipinski definition) is 0. The van der Waals surface area contributed by atoms with Gasteiger partial charge >= 0.3 is 5.97 Å². The second-order valence-electron chi connectivity index (χ2n) is 9.46. The first kappa shape index (κ1) is 28.0. The first-order chi connectivity index (χ1) is 18.7. The minimum Gasteiger partial charge on any atom is -0.493 e. The van der Waals surface area contributed by atoms with Gasteiger partial charge in [0.1, 0.15) is 12.4 Å². The number of halogens is 1. The molecule has 204 valence electrons. The number of fused-ring (bicyclic) bond motifs is 1. The van der Waals surface area contributed by atoms with Crippen LogP contribution in [-0.4, -0.2) is 30.9 Å². The summed E-state index contributed by atoms with van der Waals surface area (Å²) in [5.74, 6) is 0.589. The molecule has 1 atom stereocenters. The van der Waals surface area contributed by atoms with Gasteiger partial charge in [-0.25, -0.2) is 14.2 Å². The van der Waals surface area contributed by atoms with E-state index < -0.39 is 12.0 Å². The van der Waals surface area contributed by atoms with Crippen LogP contribution in [0.15, 0.2) is 76.2 Å². The third kappa shape index (κ3) is 6.20. The fourth-order valence-corrected chi connectivity index (χ4v) is 5.25. The van der Waals surface area contributed by atoms with Crippen LogP contribution in [0.2, 0.25) is 0 Å². The van der Waals surface area contributed by atoms with Crippen molar-refractivity contribution in [2.45, 2.75) is 33.2 Å². The van der Waals surface area contributed by atoms with Gasteiger partial charge in [0, 0.05) is 0 Å². The summed E-state index contributed by atoms with van der Waals surface area (Å²) in [6.07, 6.45) is 4.05. The van der Waals surface area contributed by atoms with Gasteiger partial charge in [-0.05, 0) is 60.7 Å². The van der Waals surface area contributed by atoms with Crippen molar-refractivity contribution in [3.8, 4) is 11.5 Å². The summed E-state index contributed by atoms with van der Waals surface area (Å²) in [5, 5.41) is 0. The molecule has 9 heteroatoms. The summed E-state index contributed by atoms with van der Waals surface area (Å²) >= 11 is 1.20. The lowest BCUT2D eigenvalue weighted by Crippen LogP contribution is -2.40. The topological polar surface area (TPSA) is 79.1 Å². The zero-order chi connectivity index (χ0) is 28.1. The highest BCUT2D eigenvalue weighted by Crippen LogP contribution is 2.36. The Balaban J connectivity index is 1.86. The predicted octanol–water partition coefficient (Wildman–Crippen LogP) is 4.54. The van der Waals surface area contributed by atoms with Crippen LogP contribution in [0.3, 0.4) is 0 Å². The highest BCUT2D eigenvalue weighted by Gasteiger charge is 2.34. The Hall–Kier alpha value is -3.98. The Morgan fingerprint density at radius 3 is 2.62 bits per heavy atom. The molecule has 0 aliphatic carbocycles. The number of carbonyl (C=O) groups is 1. The van der Waals surface area contributed by atoms with E-state index in [1.807, 2.05) is 6.07 Å². The molecule has 0 spiro atoms. The Labute approximate surface area is 230 Å². The molecule has 1 aromatic heterocycles. The lowest BCUT2D eigenvalue weighted by atomic mass is 9.95. The van der Waals surface area contributed by atoms with Gasteiger partial charge in [-0.1, -0.05) is 56.0 Å². The van der Waals surface area contributed by atoms with Crippen molar-refractivity contribution in [3.63, 3.8) is 0 Å². The van der Waals surface area contributed by atoms with Crippen molar-refractivity contribution < 1.29 is 23.4 Å². The molecule has 0 saturated carbocycles. The molecule has 2 aromatic carbocycles. The summed E-state index contributed by atoms with van der Waals surface area (Å²) in [7, 11) is 1.54. The molecule has 0 saturated heterocycles. The van der Waals surface area contributed by atoms with E-state index in [4.69, 9.17) is 14.2 Å². The number of aromatic nitrogens is 1. The fraction of sp³-hybridized carbons (Fsp3) is 0.300. The number of allylic oxidation sites excluding steroid dienone is 1. The second-order valence-corrected chi connectivity index (χ2v) is 10.5. The first-order valence-corrected chi connectivity index (χ1v) is 13.4. The smallest absolute Gasteiger partial charge is 0.338 e. The first-order valence-electron chi connectivity index (χ1n) is 12.6. The van der Waals surface area contributed by atoms with Crippen LogP contribution in [-0.2, 0) is 9.53 Å². The van der Waals surface area contributed by atoms with Gasteiger partial charge in [0.2, 0.25) is 0 Å². The van der Waals surface area contributed by atoms with E-state index in [1.54, 1.807) is 44.4 Å². The van der Waals surface area contributed by atoms with Crippen molar-refractivity contribution in [3.05, 3.63) is 103 Å². The maximum atomic E-state index is 13.7. The van der Waals surface area contributed by atoms with Crippen LogP contribution >= 0.6 is 11.3 Å². The van der Waals surface area contributed by atoms with Gasteiger partial charge < -0.3 is 14.2 Å². The van der Waals surface area contributed by atoms with Crippen molar-refractivity contribution in [2.24, 2.45) is 10.9 Å². The van der Waals surface area contributed by atoms with Crippen molar-refractivity contribution in [1.82, 2.24) is 4.57 Å². The van der Waals surface area contributed by atoms with Gasteiger partial charge in [-0.3, -0.25) is 9.36 Å². The van der Waals surface area contributed by atoms with Crippen LogP contribution in [0.1, 0.15) is 44.4 Å². The summed E-state index contributed by atoms with van der Waals surface area (Å²) in [4.78, 5) is 32.0. The minimum absolute atomic E-state index is 0.0171. The van der Waals surface area contributed by atoms with E-state index in [9.17, 15) is 14.0 Å². The van der Waals surface area contributed by atoms with Crippen molar-refractivity contribution in [2.75, 3.05) is 20.3 Å². The van der Waals surface area contributed by atoms with Gasteiger partial charge in [0.15, 0.2) is 16.3 Å². The number of rotatable bonds is 10. The normalized spacial score (nSPS) is 15.1. The molecule has 3 aromatic rings. The van der Waals surface area contributed by atoms with E-state index in [0.29, 0.717) is 50.2 Å². The maximum absolute atomic E-state index is 13.7. The van der Waals surface area contributed by atoms with E-state index in [-0.39, 0.29) is 23.6 Å². The molecule has 0 bridgehead atoms. The monoisotopic (exact) mass is 550 g/mol. The molecule has 1 aliphatic heterocycles. The lowest BCUT2D eigenvalue weighted by molar-refractivity contribution is -0.138. The molecule has 0 amide bonds. The average molecular weight is 551 g/mol. The third-order valence-electron chi connectivity index (χ3n) is 6.20. The SMILES string of the molecule is C=CCOC(=O)C1=C(C)N=c2sc(=Cc3ccc(F)cc3)c(=O)n2C1c1ccc(OCCC(C)C)c(OC)c1. The summed E-state index contributed by atoms with van der Waals surface area (Å²) in [6.45, 7) is 10.1. The van der Waals surface area contributed by atoms with Crippen molar-refractivity contribution >= 4 is 23.4 Å². The summed E-state index contributed by atoms with van der Waals surface area (Å²) in [6, 6.07) is 10.4. The molecule has 1 aliphatic rings. The summed E-state index contributed by atoms with van der Waals surface area (Å²) in [5.41, 5.74) is 1.67. The highest BCUT2D eigenvalue weighted by molar-refractivity contribution is 7.07. The number of nitrogens with zero attached hydrogens (tertiary/aromatic N) is 2. The van der Waals surface area contributed by atoms with E-state index in [0.717, 1.165) is 6.42 Å². The highest BCUT2D eigenvalue weighted by atomic mass is 32.1. The molecule has 39 heavy (non-hydrogen) atoms. The van der Waals surface area contributed by atoms with Gasteiger partial charge in [-0.2, -0.15) is 0 Å². The van der Waals surface area contributed by atoms with Gasteiger partial charge in [-0.15, -0.1) is 0 Å². The second kappa shape index (κ2) is 12.3. The lowest BCUT2D eigenvalue weighted by Gasteiger charge is -2.25. The molecule has 7 nitrogen and oxygen atoms in total. The molecule has 0 radical (unpaired) electrons. The number of thiazole rings is 1. The van der Waals surface area contributed by atoms with E-state index in [1.165, 1.54) is 34.1 Å². The molecule has 4 rings (SSSR count). The van der Waals surface area contributed by atoms with Crippen LogP contribution in [0.5, 0.6) is 11.5 Å². The molecule has 0 N–H and O–H groups in total. The maximum Gasteiger partial charge on any atom is 0.338 e. The minimum atomic E-state index is -0.812. The standard InChI is InChI=1S/C30H31FN2O5S/c1-6-14-38-29(35)26-19(4)32-30-33(28(34)25(39-30)16-20-7-10-22(31)11-8-20)27(26)21-9-12-23(24(17-21)36-5)37-15-13-18(2)3/h6-12,16-18,27H,1,13-15H2,2-5H3. The fourth-order valence-electron chi connectivity index (χ4n) is 4.20. The van der Waals surface area contributed by atoms with Gasteiger partial charge in [0.25, 0.3) is 5.56 Å². The van der Waals surface area contributed by atoms with Crippen LogP contribution < -0.4 is 24.4 Å². The number of methoxy groups -OCH3 is 1. The van der Waals surface area contributed by atoms with Crippen LogP contribution in [0.4, 0.5) is 4.39 Å². The Bertz CT molecular complexity index is 1580.